The third-order valence-electron chi connectivity index (χ3n) is 2.63. The molecular formula is C14H11BrN2O2. The van der Waals surface area contributed by atoms with Crippen molar-refractivity contribution >= 4 is 32.7 Å². The molecule has 2 aromatic carbocycles. The molecule has 0 atom stereocenters. The topological polar surface area (TPSA) is 61.3 Å². The van der Waals surface area contributed by atoms with Gasteiger partial charge in [0.2, 0.25) is 5.89 Å². The van der Waals surface area contributed by atoms with E-state index >= 15 is 0 Å². The average Bonchev–Trinajstić information content (AvgIpc) is 2.81. The zero-order valence-corrected chi connectivity index (χ0v) is 11.6. The van der Waals surface area contributed by atoms with E-state index in [0.717, 1.165) is 15.6 Å². The molecule has 96 valence electrons. The van der Waals surface area contributed by atoms with Crippen LogP contribution < -0.4 is 10.5 Å². The molecule has 2 N–H and O–H groups in total. The van der Waals surface area contributed by atoms with Gasteiger partial charge in [0, 0.05) is 11.8 Å². The number of benzene rings is 2. The molecule has 3 rings (SSSR count). The minimum absolute atomic E-state index is 0.268. The van der Waals surface area contributed by atoms with E-state index in [1.807, 2.05) is 36.4 Å². The standard InChI is InChI=1S/C14H11BrN2O2/c15-11-5-2-6-12-14(11)19-13(17-12)8-18-10-4-1-3-9(16)7-10/h1-7H,8,16H2. The molecule has 0 aliphatic rings. The van der Waals surface area contributed by atoms with E-state index in [-0.39, 0.29) is 6.61 Å². The SMILES string of the molecule is Nc1cccc(OCc2nc3cccc(Br)c3o2)c1. The molecule has 1 heterocycles. The summed E-state index contributed by atoms with van der Waals surface area (Å²) < 4.78 is 12.1. The first kappa shape index (κ1) is 12.0. The molecule has 0 spiro atoms. The summed E-state index contributed by atoms with van der Waals surface area (Å²) in [5.41, 5.74) is 7.88. The lowest BCUT2D eigenvalue weighted by molar-refractivity contribution is 0.267. The van der Waals surface area contributed by atoms with E-state index in [9.17, 15) is 0 Å². The van der Waals surface area contributed by atoms with Gasteiger partial charge in [0.05, 0.1) is 4.47 Å². The van der Waals surface area contributed by atoms with Crippen molar-refractivity contribution in [3.05, 3.63) is 52.8 Å². The summed E-state index contributed by atoms with van der Waals surface area (Å²) in [7, 11) is 0. The third-order valence-corrected chi connectivity index (χ3v) is 3.26. The molecule has 0 aliphatic heterocycles. The zero-order valence-electron chi connectivity index (χ0n) is 9.97. The number of fused-ring (bicyclic) bond motifs is 1. The smallest absolute Gasteiger partial charge is 0.233 e. The van der Waals surface area contributed by atoms with E-state index < -0.39 is 0 Å². The summed E-state index contributed by atoms with van der Waals surface area (Å²) in [6.07, 6.45) is 0. The van der Waals surface area contributed by atoms with Crippen molar-refractivity contribution < 1.29 is 9.15 Å². The van der Waals surface area contributed by atoms with Crippen molar-refractivity contribution in [1.29, 1.82) is 0 Å². The Hall–Kier alpha value is -2.01. The van der Waals surface area contributed by atoms with Crippen molar-refractivity contribution in [2.45, 2.75) is 6.61 Å². The molecule has 0 fully saturated rings. The molecule has 4 nitrogen and oxygen atoms in total. The summed E-state index contributed by atoms with van der Waals surface area (Å²) in [5, 5.41) is 0. The summed E-state index contributed by atoms with van der Waals surface area (Å²) >= 11 is 3.42. The maximum Gasteiger partial charge on any atom is 0.233 e. The highest BCUT2D eigenvalue weighted by Crippen LogP contribution is 2.25. The molecule has 1 aromatic heterocycles. The first-order valence-corrected chi connectivity index (χ1v) is 6.54. The molecular weight excluding hydrogens is 308 g/mol. The second-order valence-corrected chi connectivity index (χ2v) is 4.91. The van der Waals surface area contributed by atoms with Crippen LogP contribution >= 0.6 is 15.9 Å². The number of hydrogen-bond acceptors (Lipinski definition) is 4. The molecule has 0 saturated heterocycles. The lowest BCUT2D eigenvalue weighted by atomic mass is 10.3. The maximum absolute atomic E-state index is 5.68. The highest BCUT2D eigenvalue weighted by Gasteiger charge is 2.08. The monoisotopic (exact) mass is 318 g/mol. The van der Waals surface area contributed by atoms with Crippen molar-refractivity contribution in [3.8, 4) is 5.75 Å². The van der Waals surface area contributed by atoms with E-state index in [0.29, 0.717) is 17.3 Å². The largest absolute Gasteiger partial charge is 0.484 e. The number of ether oxygens (including phenoxy) is 1. The van der Waals surface area contributed by atoms with Gasteiger partial charge in [-0.3, -0.25) is 0 Å². The van der Waals surface area contributed by atoms with Gasteiger partial charge in [-0.25, -0.2) is 4.98 Å². The van der Waals surface area contributed by atoms with Crippen LogP contribution in [0.2, 0.25) is 0 Å². The van der Waals surface area contributed by atoms with Gasteiger partial charge in [0.25, 0.3) is 0 Å². The number of halogens is 1. The predicted octanol–water partition coefficient (Wildman–Crippen LogP) is 3.75. The Morgan fingerprint density at radius 3 is 2.84 bits per heavy atom. The van der Waals surface area contributed by atoms with Crippen molar-refractivity contribution in [1.82, 2.24) is 4.98 Å². The quantitative estimate of drug-likeness (QED) is 0.747. The van der Waals surface area contributed by atoms with Gasteiger partial charge < -0.3 is 14.9 Å². The minimum Gasteiger partial charge on any atom is -0.484 e. The Morgan fingerprint density at radius 1 is 1.21 bits per heavy atom. The Balaban J connectivity index is 1.80. The van der Waals surface area contributed by atoms with Crippen LogP contribution in [0.5, 0.6) is 5.75 Å². The van der Waals surface area contributed by atoms with E-state index in [1.54, 1.807) is 6.07 Å². The fourth-order valence-electron chi connectivity index (χ4n) is 1.77. The lowest BCUT2D eigenvalue weighted by Crippen LogP contribution is -1.96. The number of nitrogens with zero attached hydrogens (tertiary/aromatic N) is 1. The van der Waals surface area contributed by atoms with Gasteiger partial charge in [0.15, 0.2) is 12.2 Å². The minimum atomic E-state index is 0.268. The first-order chi connectivity index (χ1) is 9.22. The van der Waals surface area contributed by atoms with Crippen LogP contribution in [-0.2, 0) is 6.61 Å². The highest BCUT2D eigenvalue weighted by molar-refractivity contribution is 9.10. The molecule has 0 radical (unpaired) electrons. The van der Waals surface area contributed by atoms with Crippen LogP contribution in [0.15, 0.2) is 51.4 Å². The number of nitrogens with two attached hydrogens (primary N) is 1. The summed E-state index contributed by atoms with van der Waals surface area (Å²) in [4.78, 5) is 4.36. The van der Waals surface area contributed by atoms with Crippen LogP contribution in [0.4, 0.5) is 5.69 Å². The van der Waals surface area contributed by atoms with Crippen molar-refractivity contribution in [2.75, 3.05) is 5.73 Å². The fourth-order valence-corrected chi connectivity index (χ4v) is 2.21. The maximum atomic E-state index is 5.68. The zero-order chi connectivity index (χ0) is 13.2. The third kappa shape index (κ3) is 2.56. The number of aromatic nitrogens is 1. The summed E-state index contributed by atoms with van der Waals surface area (Å²) in [6.45, 7) is 0.268. The van der Waals surface area contributed by atoms with Crippen molar-refractivity contribution in [3.63, 3.8) is 0 Å². The van der Waals surface area contributed by atoms with Crippen LogP contribution in [0.3, 0.4) is 0 Å². The van der Waals surface area contributed by atoms with Crippen LogP contribution in [0.1, 0.15) is 5.89 Å². The number of oxazole rings is 1. The molecule has 5 heteroatoms. The molecule has 0 amide bonds. The van der Waals surface area contributed by atoms with Gasteiger partial charge in [-0.2, -0.15) is 0 Å². The number of nitrogen functional groups attached to an aromatic ring is 1. The molecule has 0 bridgehead atoms. The Bertz CT molecular complexity index is 724. The average molecular weight is 319 g/mol. The number of hydrogen-bond donors (Lipinski definition) is 1. The van der Waals surface area contributed by atoms with Crippen LogP contribution in [0.25, 0.3) is 11.1 Å². The van der Waals surface area contributed by atoms with Gasteiger partial charge in [-0.15, -0.1) is 0 Å². The molecule has 0 aliphatic carbocycles. The number of anilines is 1. The fraction of sp³-hybridized carbons (Fsp3) is 0.0714. The van der Waals surface area contributed by atoms with E-state index in [1.165, 1.54) is 0 Å². The molecule has 19 heavy (non-hydrogen) atoms. The van der Waals surface area contributed by atoms with E-state index in [4.69, 9.17) is 14.9 Å². The summed E-state index contributed by atoms with van der Waals surface area (Å²) in [5.74, 6) is 1.23. The Labute approximate surface area is 118 Å². The van der Waals surface area contributed by atoms with Gasteiger partial charge >= 0.3 is 0 Å². The first-order valence-electron chi connectivity index (χ1n) is 5.74. The second kappa shape index (κ2) is 4.93. The number of rotatable bonds is 3. The normalized spacial score (nSPS) is 10.8. The van der Waals surface area contributed by atoms with E-state index in [2.05, 4.69) is 20.9 Å². The molecule has 3 aromatic rings. The summed E-state index contributed by atoms with van der Waals surface area (Å²) in [6, 6.07) is 13.0. The van der Waals surface area contributed by atoms with Crippen LogP contribution in [-0.4, -0.2) is 4.98 Å². The van der Waals surface area contributed by atoms with Crippen LogP contribution in [0, 0.1) is 0 Å². The number of para-hydroxylation sites is 1. The predicted molar refractivity (Wildman–Crippen MR) is 76.9 cm³/mol. The molecule has 0 saturated carbocycles. The van der Waals surface area contributed by atoms with Crippen molar-refractivity contribution in [2.24, 2.45) is 0 Å². The Kier molecular flexibility index (Phi) is 3.13. The Morgan fingerprint density at radius 2 is 2.05 bits per heavy atom. The van der Waals surface area contributed by atoms with Gasteiger partial charge in [-0.05, 0) is 40.2 Å². The van der Waals surface area contributed by atoms with Gasteiger partial charge in [0.1, 0.15) is 11.3 Å². The van der Waals surface area contributed by atoms with Gasteiger partial charge in [-0.1, -0.05) is 12.1 Å². The second-order valence-electron chi connectivity index (χ2n) is 4.06. The molecule has 0 unspecified atom stereocenters. The lowest BCUT2D eigenvalue weighted by Gasteiger charge is -2.03. The highest BCUT2D eigenvalue weighted by atomic mass is 79.9.